The monoisotopic (exact) mass is 371 g/mol. The predicted molar refractivity (Wildman–Crippen MR) is 101 cm³/mol. The summed E-state index contributed by atoms with van der Waals surface area (Å²) in [7, 11) is 1.31. The number of esters is 1. The van der Waals surface area contributed by atoms with Crippen LogP contribution in [0.4, 0.5) is 0 Å². The number of carbonyl (C=O) groups is 1. The Labute approximate surface area is 158 Å². The first kappa shape index (κ1) is 19.2. The van der Waals surface area contributed by atoms with Crippen LogP contribution in [-0.2, 0) is 16.1 Å². The molecule has 144 valence electrons. The number of aromatic hydroxyl groups is 1. The maximum atomic E-state index is 12.3. The second-order valence-electron chi connectivity index (χ2n) is 6.87. The van der Waals surface area contributed by atoms with Crippen LogP contribution in [0.25, 0.3) is 0 Å². The van der Waals surface area contributed by atoms with E-state index in [4.69, 9.17) is 9.15 Å². The summed E-state index contributed by atoms with van der Waals surface area (Å²) in [4.78, 5) is 26.5. The maximum absolute atomic E-state index is 12.3. The lowest BCUT2D eigenvalue weighted by atomic mass is 9.92. The van der Waals surface area contributed by atoms with Crippen LogP contribution in [0.2, 0.25) is 0 Å². The minimum atomic E-state index is -0.590. The summed E-state index contributed by atoms with van der Waals surface area (Å²) in [5.74, 6) is -0.859. The van der Waals surface area contributed by atoms with Gasteiger partial charge in [0.05, 0.1) is 26.0 Å². The molecule has 6 heteroatoms. The van der Waals surface area contributed by atoms with E-state index in [1.165, 1.54) is 19.6 Å². The van der Waals surface area contributed by atoms with Crippen LogP contribution in [-0.4, -0.2) is 36.2 Å². The molecule has 0 amide bonds. The smallest absolute Gasteiger partial charge is 0.306 e. The van der Waals surface area contributed by atoms with E-state index in [1.807, 2.05) is 30.3 Å². The number of nitrogens with zero attached hydrogens (tertiary/aromatic N) is 1. The van der Waals surface area contributed by atoms with Crippen LogP contribution < -0.4 is 5.43 Å². The molecule has 2 aromatic rings. The first-order valence-electron chi connectivity index (χ1n) is 9.28. The third-order valence-corrected chi connectivity index (χ3v) is 4.94. The van der Waals surface area contributed by atoms with Crippen LogP contribution in [0.5, 0.6) is 5.75 Å². The molecule has 1 N–H and O–H groups in total. The van der Waals surface area contributed by atoms with Crippen molar-refractivity contribution in [3.63, 3.8) is 0 Å². The highest BCUT2D eigenvalue weighted by Crippen LogP contribution is 2.33. The molecule has 1 aliphatic rings. The molecule has 27 heavy (non-hydrogen) atoms. The standard InChI is InChI=1S/C21H25NO5/c1-26-19(24)13-17(15-8-4-2-5-9-15)21-20(25)18(23)12-16(27-21)14-22-10-6-3-7-11-22/h2,4-5,8-9,12,17,25H,3,6-7,10-11,13-14H2,1H3. The molecule has 1 fully saturated rings. The molecule has 0 saturated carbocycles. The molecule has 0 radical (unpaired) electrons. The lowest BCUT2D eigenvalue weighted by Gasteiger charge is -2.26. The van der Waals surface area contributed by atoms with E-state index < -0.39 is 23.1 Å². The molecule has 1 atom stereocenters. The van der Waals surface area contributed by atoms with E-state index >= 15 is 0 Å². The highest BCUT2D eigenvalue weighted by molar-refractivity contribution is 5.71. The van der Waals surface area contributed by atoms with Crippen molar-refractivity contribution >= 4 is 5.97 Å². The largest absolute Gasteiger partial charge is 0.502 e. The number of likely N-dealkylation sites (tertiary alicyclic amines) is 1. The summed E-state index contributed by atoms with van der Waals surface area (Å²) < 4.78 is 10.8. The quantitative estimate of drug-likeness (QED) is 0.786. The Morgan fingerprint density at radius 1 is 1.22 bits per heavy atom. The van der Waals surface area contributed by atoms with Crippen molar-refractivity contribution in [3.05, 3.63) is 63.7 Å². The Morgan fingerprint density at radius 3 is 2.59 bits per heavy atom. The number of methoxy groups -OCH3 is 1. The zero-order valence-corrected chi connectivity index (χ0v) is 15.5. The first-order chi connectivity index (χ1) is 13.1. The molecule has 0 aliphatic carbocycles. The van der Waals surface area contributed by atoms with Crippen LogP contribution in [0.15, 0.2) is 45.6 Å². The van der Waals surface area contributed by atoms with Crippen molar-refractivity contribution < 1.29 is 19.1 Å². The fourth-order valence-electron chi connectivity index (χ4n) is 3.50. The molecular weight excluding hydrogens is 346 g/mol. The number of carbonyl (C=O) groups excluding carboxylic acids is 1. The van der Waals surface area contributed by atoms with Gasteiger partial charge < -0.3 is 14.3 Å². The van der Waals surface area contributed by atoms with Crippen molar-refractivity contribution in [2.75, 3.05) is 20.2 Å². The third-order valence-electron chi connectivity index (χ3n) is 4.94. The van der Waals surface area contributed by atoms with E-state index in [2.05, 4.69) is 4.90 Å². The Morgan fingerprint density at radius 2 is 1.93 bits per heavy atom. The van der Waals surface area contributed by atoms with Gasteiger partial charge >= 0.3 is 5.97 Å². The van der Waals surface area contributed by atoms with Gasteiger partial charge in [0.1, 0.15) is 5.76 Å². The van der Waals surface area contributed by atoms with Crippen molar-refractivity contribution in [3.8, 4) is 5.75 Å². The highest BCUT2D eigenvalue weighted by atomic mass is 16.5. The van der Waals surface area contributed by atoms with Crippen molar-refractivity contribution in [1.82, 2.24) is 4.90 Å². The number of benzene rings is 1. The van der Waals surface area contributed by atoms with Gasteiger partial charge in [0.2, 0.25) is 11.2 Å². The predicted octanol–water partition coefficient (Wildman–Crippen LogP) is 3.03. The topological polar surface area (TPSA) is 80.0 Å². The van der Waals surface area contributed by atoms with E-state index in [0.29, 0.717) is 12.3 Å². The van der Waals surface area contributed by atoms with Gasteiger partial charge in [0, 0.05) is 6.07 Å². The van der Waals surface area contributed by atoms with Gasteiger partial charge in [-0.3, -0.25) is 14.5 Å². The second kappa shape index (κ2) is 8.86. The summed E-state index contributed by atoms with van der Waals surface area (Å²) in [6, 6.07) is 10.6. The summed E-state index contributed by atoms with van der Waals surface area (Å²) in [5.41, 5.74) is 0.283. The van der Waals surface area contributed by atoms with E-state index in [9.17, 15) is 14.7 Å². The Hall–Kier alpha value is -2.60. The Balaban J connectivity index is 1.97. The number of hydrogen-bond donors (Lipinski definition) is 1. The highest BCUT2D eigenvalue weighted by Gasteiger charge is 2.26. The fraction of sp³-hybridized carbons (Fsp3) is 0.429. The van der Waals surface area contributed by atoms with Crippen LogP contribution in [0, 0.1) is 0 Å². The molecule has 0 bridgehead atoms. The summed E-state index contributed by atoms with van der Waals surface area (Å²) in [6.45, 7) is 2.44. The van der Waals surface area contributed by atoms with Crippen LogP contribution in [0.3, 0.4) is 0 Å². The number of ether oxygens (including phenoxy) is 1. The van der Waals surface area contributed by atoms with Crippen LogP contribution in [0.1, 0.15) is 48.7 Å². The SMILES string of the molecule is COC(=O)CC(c1ccccc1)c1oc(CN2CCCCC2)cc(=O)c1O. The molecule has 1 aromatic carbocycles. The lowest BCUT2D eigenvalue weighted by molar-refractivity contribution is -0.140. The van der Waals surface area contributed by atoms with Gasteiger partial charge in [-0.05, 0) is 31.5 Å². The zero-order chi connectivity index (χ0) is 19.2. The number of piperidine rings is 1. The third kappa shape index (κ3) is 4.77. The molecule has 1 aromatic heterocycles. The first-order valence-corrected chi connectivity index (χ1v) is 9.28. The van der Waals surface area contributed by atoms with E-state index in [0.717, 1.165) is 31.5 Å². The summed E-state index contributed by atoms with van der Waals surface area (Å²) in [5, 5.41) is 10.4. The minimum Gasteiger partial charge on any atom is -0.502 e. The average Bonchev–Trinajstić information content (AvgIpc) is 2.70. The number of hydrogen-bond acceptors (Lipinski definition) is 6. The fourth-order valence-corrected chi connectivity index (χ4v) is 3.50. The molecule has 1 unspecified atom stereocenters. The Bertz CT molecular complexity index is 824. The molecule has 3 rings (SSSR count). The molecular formula is C21H25NO5. The van der Waals surface area contributed by atoms with Gasteiger partial charge in [-0.1, -0.05) is 36.8 Å². The van der Waals surface area contributed by atoms with Crippen molar-refractivity contribution in [1.29, 1.82) is 0 Å². The van der Waals surface area contributed by atoms with Gasteiger partial charge in [-0.2, -0.15) is 0 Å². The van der Waals surface area contributed by atoms with E-state index in [-0.39, 0.29) is 12.2 Å². The van der Waals surface area contributed by atoms with Gasteiger partial charge in [0.15, 0.2) is 5.76 Å². The Kier molecular flexibility index (Phi) is 6.29. The maximum Gasteiger partial charge on any atom is 0.306 e. The summed E-state index contributed by atoms with van der Waals surface area (Å²) >= 11 is 0. The van der Waals surface area contributed by atoms with Crippen molar-refractivity contribution in [2.24, 2.45) is 0 Å². The molecule has 6 nitrogen and oxygen atoms in total. The number of rotatable bonds is 6. The molecule has 2 heterocycles. The van der Waals surface area contributed by atoms with Crippen molar-refractivity contribution in [2.45, 2.75) is 38.1 Å². The van der Waals surface area contributed by atoms with Gasteiger partial charge in [0.25, 0.3) is 0 Å². The lowest BCUT2D eigenvalue weighted by Crippen LogP contribution is -2.29. The average molecular weight is 371 g/mol. The zero-order valence-electron chi connectivity index (χ0n) is 15.5. The van der Waals surface area contributed by atoms with Gasteiger partial charge in [-0.25, -0.2) is 0 Å². The second-order valence-corrected chi connectivity index (χ2v) is 6.87. The van der Waals surface area contributed by atoms with Crippen LogP contribution >= 0.6 is 0 Å². The normalized spacial score (nSPS) is 16.0. The van der Waals surface area contributed by atoms with Gasteiger partial charge in [-0.15, -0.1) is 0 Å². The van der Waals surface area contributed by atoms with E-state index in [1.54, 1.807) is 0 Å². The molecule has 0 spiro atoms. The summed E-state index contributed by atoms with van der Waals surface area (Å²) in [6.07, 6.45) is 3.45. The molecule has 1 saturated heterocycles. The molecule has 1 aliphatic heterocycles. The minimum absolute atomic E-state index is 0.0236.